The van der Waals surface area contributed by atoms with Crippen molar-refractivity contribution in [2.75, 3.05) is 13.2 Å². The standard InChI is InChI=1S/C11H22N4O/c1-9(2)4-11(7-12,8-16)5-10-6-15(3)14-13-10/h6,9,16H,4-5,7-8,12H2,1-3H3. The van der Waals surface area contributed by atoms with Crippen LogP contribution >= 0.6 is 0 Å². The van der Waals surface area contributed by atoms with E-state index in [1.54, 1.807) is 4.68 Å². The number of aromatic nitrogens is 3. The Kier molecular flexibility index (Phi) is 4.44. The van der Waals surface area contributed by atoms with E-state index in [0.29, 0.717) is 18.9 Å². The van der Waals surface area contributed by atoms with E-state index in [0.717, 1.165) is 12.1 Å². The van der Waals surface area contributed by atoms with Crippen molar-refractivity contribution in [1.82, 2.24) is 15.0 Å². The lowest BCUT2D eigenvalue weighted by Gasteiger charge is -2.31. The van der Waals surface area contributed by atoms with Gasteiger partial charge in [0.05, 0.1) is 12.3 Å². The van der Waals surface area contributed by atoms with Crippen molar-refractivity contribution >= 4 is 0 Å². The lowest BCUT2D eigenvalue weighted by Crippen LogP contribution is -2.38. The molecule has 1 unspecified atom stereocenters. The lowest BCUT2D eigenvalue weighted by molar-refractivity contribution is 0.107. The lowest BCUT2D eigenvalue weighted by atomic mass is 9.77. The molecule has 0 aliphatic heterocycles. The number of nitrogens with two attached hydrogens (primary N) is 1. The van der Waals surface area contributed by atoms with Crippen LogP contribution in [0.5, 0.6) is 0 Å². The highest BCUT2D eigenvalue weighted by Gasteiger charge is 2.30. The second kappa shape index (κ2) is 5.41. The van der Waals surface area contributed by atoms with Gasteiger partial charge >= 0.3 is 0 Å². The van der Waals surface area contributed by atoms with Gasteiger partial charge in [0.15, 0.2) is 0 Å². The highest BCUT2D eigenvalue weighted by atomic mass is 16.3. The van der Waals surface area contributed by atoms with E-state index >= 15 is 0 Å². The van der Waals surface area contributed by atoms with Crippen LogP contribution in [0.1, 0.15) is 26.0 Å². The SMILES string of the molecule is CC(C)CC(CN)(CO)Cc1cn(C)nn1. The molecule has 0 saturated carbocycles. The zero-order chi connectivity index (χ0) is 12.2. The quantitative estimate of drug-likeness (QED) is 0.733. The molecular weight excluding hydrogens is 204 g/mol. The number of hydrogen-bond acceptors (Lipinski definition) is 4. The van der Waals surface area contributed by atoms with E-state index < -0.39 is 0 Å². The largest absolute Gasteiger partial charge is 0.396 e. The third-order valence-electron chi connectivity index (χ3n) is 2.82. The van der Waals surface area contributed by atoms with Gasteiger partial charge in [-0.3, -0.25) is 4.68 Å². The van der Waals surface area contributed by atoms with Crippen LogP contribution in [-0.2, 0) is 13.5 Å². The van der Waals surface area contributed by atoms with Crippen LogP contribution in [0.2, 0.25) is 0 Å². The van der Waals surface area contributed by atoms with E-state index in [-0.39, 0.29) is 12.0 Å². The van der Waals surface area contributed by atoms with Gasteiger partial charge in [-0.05, 0) is 12.3 Å². The molecule has 1 atom stereocenters. The topological polar surface area (TPSA) is 77.0 Å². The molecule has 0 aliphatic rings. The Morgan fingerprint density at radius 2 is 2.25 bits per heavy atom. The van der Waals surface area contributed by atoms with Gasteiger partial charge in [0.2, 0.25) is 0 Å². The first-order valence-electron chi connectivity index (χ1n) is 5.67. The maximum Gasteiger partial charge on any atom is 0.0833 e. The van der Waals surface area contributed by atoms with E-state index in [9.17, 15) is 5.11 Å². The minimum absolute atomic E-state index is 0.0955. The molecule has 1 aromatic heterocycles. The maximum absolute atomic E-state index is 9.56. The molecule has 0 aliphatic carbocycles. The Labute approximate surface area is 96.6 Å². The van der Waals surface area contributed by atoms with Crippen molar-refractivity contribution in [3.05, 3.63) is 11.9 Å². The van der Waals surface area contributed by atoms with Gasteiger partial charge in [-0.15, -0.1) is 5.10 Å². The first-order valence-corrected chi connectivity index (χ1v) is 5.67. The molecule has 1 aromatic rings. The summed E-state index contributed by atoms with van der Waals surface area (Å²) in [6, 6.07) is 0. The van der Waals surface area contributed by atoms with E-state index in [1.807, 2.05) is 13.2 Å². The number of aliphatic hydroxyl groups excluding tert-OH is 1. The summed E-state index contributed by atoms with van der Waals surface area (Å²) in [4.78, 5) is 0. The molecule has 92 valence electrons. The first kappa shape index (κ1) is 13.1. The minimum Gasteiger partial charge on any atom is -0.396 e. The number of rotatable bonds is 6. The fourth-order valence-corrected chi connectivity index (χ4v) is 2.14. The molecule has 0 radical (unpaired) electrons. The van der Waals surface area contributed by atoms with E-state index in [2.05, 4.69) is 24.2 Å². The highest BCUT2D eigenvalue weighted by Crippen LogP contribution is 2.28. The number of aryl methyl sites for hydroxylation is 1. The van der Waals surface area contributed by atoms with E-state index in [4.69, 9.17) is 5.73 Å². The molecule has 0 fully saturated rings. The predicted molar refractivity (Wildman–Crippen MR) is 62.7 cm³/mol. The summed E-state index contributed by atoms with van der Waals surface area (Å²) in [7, 11) is 1.84. The summed E-state index contributed by atoms with van der Waals surface area (Å²) in [5.74, 6) is 0.507. The predicted octanol–water partition coefficient (Wildman–Crippen LogP) is 0.341. The maximum atomic E-state index is 9.56. The van der Waals surface area contributed by atoms with Crippen molar-refractivity contribution in [2.45, 2.75) is 26.7 Å². The molecule has 16 heavy (non-hydrogen) atoms. The fourth-order valence-electron chi connectivity index (χ4n) is 2.14. The highest BCUT2D eigenvalue weighted by molar-refractivity contribution is 4.99. The van der Waals surface area contributed by atoms with Crippen LogP contribution in [0.3, 0.4) is 0 Å². The monoisotopic (exact) mass is 226 g/mol. The molecule has 5 heteroatoms. The van der Waals surface area contributed by atoms with Gasteiger partial charge in [0, 0.05) is 31.6 Å². The molecule has 0 aromatic carbocycles. The Morgan fingerprint density at radius 3 is 2.62 bits per heavy atom. The summed E-state index contributed by atoms with van der Waals surface area (Å²) < 4.78 is 1.67. The van der Waals surface area contributed by atoms with Crippen molar-refractivity contribution in [1.29, 1.82) is 0 Å². The van der Waals surface area contributed by atoms with Gasteiger partial charge < -0.3 is 10.8 Å². The molecule has 1 heterocycles. The molecule has 0 amide bonds. The van der Waals surface area contributed by atoms with Crippen molar-refractivity contribution in [3.8, 4) is 0 Å². The Hall–Kier alpha value is -0.940. The van der Waals surface area contributed by atoms with Crippen LogP contribution in [0.4, 0.5) is 0 Å². The molecular formula is C11H22N4O. The number of nitrogens with zero attached hydrogens (tertiary/aromatic N) is 3. The third kappa shape index (κ3) is 3.28. The Balaban J connectivity index is 2.77. The average Bonchev–Trinajstić information content (AvgIpc) is 2.62. The molecule has 0 saturated heterocycles. The molecule has 1 rings (SSSR count). The van der Waals surface area contributed by atoms with E-state index in [1.165, 1.54) is 0 Å². The van der Waals surface area contributed by atoms with Crippen LogP contribution in [0.25, 0.3) is 0 Å². The molecule has 0 spiro atoms. The summed E-state index contributed by atoms with van der Waals surface area (Å²) in [6.07, 6.45) is 3.46. The summed E-state index contributed by atoms with van der Waals surface area (Å²) in [6.45, 7) is 4.84. The second-order valence-corrected chi connectivity index (χ2v) is 5.02. The number of aliphatic hydroxyl groups is 1. The minimum atomic E-state index is -0.260. The smallest absolute Gasteiger partial charge is 0.0833 e. The van der Waals surface area contributed by atoms with Crippen LogP contribution in [-0.4, -0.2) is 33.3 Å². The van der Waals surface area contributed by atoms with Crippen molar-refractivity contribution in [3.63, 3.8) is 0 Å². The van der Waals surface area contributed by atoms with Gasteiger partial charge in [-0.1, -0.05) is 19.1 Å². The third-order valence-corrected chi connectivity index (χ3v) is 2.82. The summed E-state index contributed by atoms with van der Waals surface area (Å²) >= 11 is 0. The first-order chi connectivity index (χ1) is 7.51. The normalized spacial score (nSPS) is 15.4. The molecule has 5 nitrogen and oxygen atoms in total. The average molecular weight is 226 g/mol. The van der Waals surface area contributed by atoms with Gasteiger partial charge in [0.1, 0.15) is 0 Å². The fraction of sp³-hybridized carbons (Fsp3) is 0.818. The van der Waals surface area contributed by atoms with Gasteiger partial charge in [-0.2, -0.15) is 0 Å². The van der Waals surface area contributed by atoms with Crippen LogP contribution < -0.4 is 5.73 Å². The molecule has 3 N–H and O–H groups in total. The van der Waals surface area contributed by atoms with Crippen LogP contribution in [0, 0.1) is 11.3 Å². The van der Waals surface area contributed by atoms with Gasteiger partial charge in [0.25, 0.3) is 0 Å². The Bertz CT molecular complexity index is 318. The zero-order valence-corrected chi connectivity index (χ0v) is 10.3. The summed E-state index contributed by atoms with van der Waals surface area (Å²) in [5, 5.41) is 17.5. The van der Waals surface area contributed by atoms with Crippen LogP contribution in [0.15, 0.2) is 6.20 Å². The Morgan fingerprint density at radius 1 is 1.56 bits per heavy atom. The molecule has 0 bridgehead atoms. The van der Waals surface area contributed by atoms with Crippen molar-refractivity contribution in [2.24, 2.45) is 24.1 Å². The zero-order valence-electron chi connectivity index (χ0n) is 10.3. The summed E-state index contributed by atoms with van der Waals surface area (Å²) in [5.41, 5.74) is 6.44. The van der Waals surface area contributed by atoms with Gasteiger partial charge in [-0.25, -0.2) is 0 Å². The second-order valence-electron chi connectivity index (χ2n) is 5.02. The number of hydrogen-bond donors (Lipinski definition) is 2. The van der Waals surface area contributed by atoms with Crippen molar-refractivity contribution < 1.29 is 5.11 Å².